The molecule has 0 bridgehead atoms. The minimum Gasteiger partial charge on any atom is -0.490 e. The van der Waals surface area contributed by atoms with Gasteiger partial charge in [-0.2, -0.15) is 0 Å². The monoisotopic (exact) mass is 368 g/mol. The molecular formula is C20H20N2O3S. The number of rotatable bonds is 5. The van der Waals surface area contributed by atoms with Crippen molar-refractivity contribution in [3.63, 3.8) is 0 Å². The highest BCUT2D eigenvalue weighted by Crippen LogP contribution is 2.28. The third-order valence-electron chi connectivity index (χ3n) is 4.62. The standard InChI is InChI=1S/C20H20N2O3S/c23-26(24,17-8-2-1-3-9-17)18-12-15-6-4-10-19(20(15)22-13-18)25-14-16-7-5-11-21-16/h1-4,6,8-10,12-13,16,21H,5,7,11,14H2/t16-/m1/s1. The van der Waals surface area contributed by atoms with Crippen molar-refractivity contribution in [1.82, 2.24) is 10.3 Å². The molecule has 3 aromatic rings. The molecule has 0 saturated carbocycles. The maximum absolute atomic E-state index is 12.8. The molecular weight excluding hydrogens is 348 g/mol. The second-order valence-corrected chi connectivity index (χ2v) is 8.37. The van der Waals surface area contributed by atoms with Crippen molar-refractivity contribution < 1.29 is 13.2 Å². The Bertz CT molecular complexity index is 1010. The highest BCUT2D eigenvalue weighted by Gasteiger charge is 2.19. The van der Waals surface area contributed by atoms with Gasteiger partial charge < -0.3 is 10.1 Å². The molecule has 1 aromatic heterocycles. The van der Waals surface area contributed by atoms with Gasteiger partial charge in [0.25, 0.3) is 0 Å². The Morgan fingerprint density at radius 1 is 1.08 bits per heavy atom. The number of nitrogens with zero attached hydrogens (tertiary/aromatic N) is 1. The Balaban J connectivity index is 1.66. The lowest BCUT2D eigenvalue weighted by Gasteiger charge is -2.13. The van der Waals surface area contributed by atoms with Crippen molar-refractivity contribution in [3.8, 4) is 5.75 Å². The van der Waals surface area contributed by atoms with E-state index in [-0.39, 0.29) is 9.79 Å². The molecule has 1 aliphatic rings. The van der Waals surface area contributed by atoms with Gasteiger partial charge in [-0.1, -0.05) is 30.3 Å². The number of para-hydroxylation sites is 1. The number of sulfone groups is 1. The minimum atomic E-state index is -3.58. The van der Waals surface area contributed by atoms with E-state index in [1.54, 1.807) is 36.4 Å². The summed E-state index contributed by atoms with van der Waals surface area (Å²) in [4.78, 5) is 4.84. The van der Waals surface area contributed by atoms with E-state index in [2.05, 4.69) is 10.3 Å². The van der Waals surface area contributed by atoms with E-state index in [4.69, 9.17) is 4.74 Å². The summed E-state index contributed by atoms with van der Waals surface area (Å²) in [5, 5.41) is 4.15. The fraction of sp³-hybridized carbons (Fsp3) is 0.250. The summed E-state index contributed by atoms with van der Waals surface area (Å²) in [6, 6.07) is 16.0. The summed E-state index contributed by atoms with van der Waals surface area (Å²) in [5.74, 6) is 0.680. The minimum absolute atomic E-state index is 0.186. The molecule has 2 heterocycles. The zero-order valence-electron chi connectivity index (χ0n) is 14.3. The van der Waals surface area contributed by atoms with Crippen molar-refractivity contribution in [2.45, 2.75) is 28.7 Å². The van der Waals surface area contributed by atoms with Crippen LogP contribution in [0.1, 0.15) is 12.8 Å². The maximum atomic E-state index is 12.8. The van der Waals surface area contributed by atoms with Crippen LogP contribution in [0.15, 0.2) is 70.6 Å². The zero-order chi connectivity index (χ0) is 18.0. The predicted molar refractivity (Wildman–Crippen MR) is 100 cm³/mol. The third kappa shape index (κ3) is 3.30. The van der Waals surface area contributed by atoms with Crippen LogP contribution in [0.4, 0.5) is 0 Å². The number of ether oxygens (including phenoxy) is 1. The molecule has 1 fully saturated rings. The van der Waals surface area contributed by atoms with Crippen LogP contribution in [0.3, 0.4) is 0 Å². The van der Waals surface area contributed by atoms with Crippen molar-refractivity contribution >= 4 is 20.7 Å². The maximum Gasteiger partial charge on any atom is 0.208 e. The first-order chi connectivity index (χ1) is 12.6. The molecule has 1 atom stereocenters. The van der Waals surface area contributed by atoms with E-state index >= 15 is 0 Å². The van der Waals surface area contributed by atoms with Crippen LogP contribution < -0.4 is 10.1 Å². The molecule has 6 heteroatoms. The van der Waals surface area contributed by atoms with Gasteiger partial charge in [-0.05, 0) is 43.7 Å². The average molecular weight is 368 g/mol. The van der Waals surface area contributed by atoms with Gasteiger partial charge in [0.05, 0.1) is 9.79 Å². The molecule has 2 aromatic carbocycles. The van der Waals surface area contributed by atoms with Crippen LogP contribution in [-0.2, 0) is 9.84 Å². The number of fused-ring (bicyclic) bond motifs is 1. The molecule has 1 saturated heterocycles. The molecule has 0 radical (unpaired) electrons. The molecule has 5 nitrogen and oxygen atoms in total. The summed E-state index contributed by atoms with van der Waals surface area (Å²) in [5.41, 5.74) is 0.678. The van der Waals surface area contributed by atoms with Crippen molar-refractivity contribution in [1.29, 1.82) is 0 Å². The molecule has 4 rings (SSSR count). The first kappa shape index (κ1) is 17.0. The Hall–Kier alpha value is -2.44. The predicted octanol–water partition coefficient (Wildman–Crippen LogP) is 3.20. The van der Waals surface area contributed by atoms with Crippen LogP contribution in [0.5, 0.6) is 5.75 Å². The quantitative estimate of drug-likeness (QED) is 0.749. The topological polar surface area (TPSA) is 68.3 Å². The number of aromatic nitrogens is 1. The summed E-state index contributed by atoms with van der Waals surface area (Å²) >= 11 is 0. The summed E-state index contributed by atoms with van der Waals surface area (Å²) in [7, 11) is -3.58. The van der Waals surface area contributed by atoms with Crippen LogP contribution in [0, 0.1) is 0 Å². The number of hydrogen-bond donors (Lipinski definition) is 1. The first-order valence-corrected chi connectivity index (χ1v) is 10.2. The summed E-state index contributed by atoms with van der Waals surface area (Å²) in [6.45, 7) is 1.62. The SMILES string of the molecule is O=S(=O)(c1ccccc1)c1cnc2c(OC[C@H]3CCCN3)cccc2c1. The molecule has 0 aliphatic carbocycles. The largest absolute Gasteiger partial charge is 0.490 e. The van der Waals surface area contributed by atoms with E-state index in [1.165, 1.54) is 12.6 Å². The summed E-state index contributed by atoms with van der Waals surface area (Å²) in [6.07, 6.45) is 3.69. The lowest BCUT2D eigenvalue weighted by molar-refractivity contribution is 0.280. The fourth-order valence-corrected chi connectivity index (χ4v) is 4.46. The van der Waals surface area contributed by atoms with Crippen LogP contribution >= 0.6 is 0 Å². The fourth-order valence-electron chi connectivity index (χ4n) is 3.20. The molecule has 1 aliphatic heterocycles. The van der Waals surface area contributed by atoms with Crippen LogP contribution in [0.2, 0.25) is 0 Å². The number of pyridine rings is 1. The van der Waals surface area contributed by atoms with E-state index in [9.17, 15) is 8.42 Å². The van der Waals surface area contributed by atoms with Gasteiger partial charge in [0.1, 0.15) is 17.9 Å². The van der Waals surface area contributed by atoms with Crippen LogP contribution in [0.25, 0.3) is 10.9 Å². The van der Waals surface area contributed by atoms with Gasteiger partial charge in [0, 0.05) is 17.6 Å². The normalized spacial score (nSPS) is 17.5. The molecule has 134 valence electrons. The second kappa shape index (κ2) is 7.05. The van der Waals surface area contributed by atoms with Gasteiger partial charge in [0.15, 0.2) is 0 Å². The van der Waals surface area contributed by atoms with E-state index in [0.717, 1.165) is 18.4 Å². The number of benzene rings is 2. The Labute approximate surface area is 152 Å². The van der Waals surface area contributed by atoms with E-state index < -0.39 is 9.84 Å². The lowest BCUT2D eigenvalue weighted by atomic mass is 10.2. The Morgan fingerprint density at radius 3 is 2.69 bits per heavy atom. The Morgan fingerprint density at radius 2 is 1.92 bits per heavy atom. The second-order valence-electron chi connectivity index (χ2n) is 6.42. The smallest absolute Gasteiger partial charge is 0.208 e. The molecule has 0 spiro atoms. The van der Waals surface area contributed by atoms with Gasteiger partial charge in [-0.15, -0.1) is 0 Å². The molecule has 0 amide bonds. The Kier molecular flexibility index (Phi) is 4.61. The highest BCUT2D eigenvalue weighted by atomic mass is 32.2. The molecule has 1 N–H and O–H groups in total. The van der Waals surface area contributed by atoms with Crippen molar-refractivity contribution in [2.24, 2.45) is 0 Å². The van der Waals surface area contributed by atoms with E-state index in [0.29, 0.717) is 23.9 Å². The third-order valence-corrected chi connectivity index (χ3v) is 6.35. The van der Waals surface area contributed by atoms with Crippen molar-refractivity contribution in [3.05, 3.63) is 60.8 Å². The lowest BCUT2D eigenvalue weighted by Crippen LogP contribution is -2.28. The highest BCUT2D eigenvalue weighted by molar-refractivity contribution is 7.91. The van der Waals surface area contributed by atoms with Gasteiger partial charge in [0.2, 0.25) is 9.84 Å². The molecule has 0 unspecified atom stereocenters. The summed E-state index contributed by atoms with van der Waals surface area (Å²) < 4.78 is 31.5. The zero-order valence-corrected chi connectivity index (χ0v) is 15.1. The first-order valence-electron chi connectivity index (χ1n) is 8.70. The van der Waals surface area contributed by atoms with Gasteiger partial charge >= 0.3 is 0 Å². The number of nitrogens with one attached hydrogen (secondary N) is 1. The number of hydrogen-bond acceptors (Lipinski definition) is 5. The van der Waals surface area contributed by atoms with Gasteiger partial charge in [-0.3, -0.25) is 4.98 Å². The van der Waals surface area contributed by atoms with Crippen LogP contribution in [-0.4, -0.2) is 32.6 Å². The molecule has 26 heavy (non-hydrogen) atoms. The average Bonchev–Trinajstić information content (AvgIpc) is 3.20. The van der Waals surface area contributed by atoms with E-state index in [1.807, 2.05) is 18.2 Å². The van der Waals surface area contributed by atoms with Crippen molar-refractivity contribution in [2.75, 3.05) is 13.2 Å². The van der Waals surface area contributed by atoms with Gasteiger partial charge in [-0.25, -0.2) is 8.42 Å².